The van der Waals surface area contributed by atoms with Crippen molar-refractivity contribution in [2.24, 2.45) is 0 Å². The number of likely N-dealkylation sites (tertiary alicyclic amines) is 1. The summed E-state index contributed by atoms with van der Waals surface area (Å²) in [7, 11) is 1.48. The molecule has 3 heterocycles. The van der Waals surface area contributed by atoms with Crippen molar-refractivity contribution in [3.05, 3.63) is 94.5 Å². The first-order valence-corrected chi connectivity index (χ1v) is 9.80. The molecule has 0 bridgehead atoms. The molecule has 0 radical (unpaired) electrons. The van der Waals surface area contributed by atoms with E-state index in [0.717, 1.165) is 5.56 Å². The fourth-order valence-electron chi connectivity index (χ4n) is 3.57. The summed E-state index contributed by atoms with van der Waals surface area (Å²) in [4.78, 5) is 35.6. The summed E-state index contributed by atoms with van der Waals surface area (Å²) in [6.07, 6.45) is 6.38. The summed E-state index contributed by atoms with van der Waals surface area (Å²) in [6.45, 7) is 0.162. The molecule has 0 aliphatic carbocycles. The third kappa shape index (κ3) is 3.87. The Morgan fingerprint density at radius 3 is 2.58 bits per heavy atom. The van der Waals surface area contributed by atoms with Gasteiger partial charge in [0, 0.05) is 36.9 Å². The summed E-state index contributed by atoms with van der Waals surface area (Å²) in [5, 5.41) is 11.4. The summed E-state index contributed by atoms with van der Waals surface area (Å²) >= 11 is 6.29. The van der Waals surface area contributed by atoms with Crippen molar-refractivity contribution in [3.8, 4) is 5.75 Å². The third-order valence-corrected chi connectivity index (χ3v) is 5.40. The molecule has 156 valence electrons. The lowest BCUT2D eigenvalue weighted by Gasteiger charge is -2.25. The minimum absolute atomic E-state index is 0.0535. The molecular formula is C23H18ClN3O4. The van der Waals surface area contributed by atoms with Crippen LogP contribution in [0.4, 0.5) is 0 Å². The maximum Gasteiger partial charge on any atom is 0.295 e. The summed E-state index contributed by atoms with van der Waals surface area (Å²) in [5.41, 5.74) is 1.54. The number of aromatic nitrogens is 2. The SMILES string of the molecule is COc1ccc(Cl)c(/C(O)=C2\C(=O)C(=O)N(Cc3ccncc3)C2c2cccnc2)c1. The number of carbonyl (C=O) groups is 2. The molecule has 1 aliphatic rings. The minimum atomic E-state index is -0.830. The van der Waals surface area contributed by atoms with Crippen LogP contribution in [0.1, 0.15) is 22.7 Å². The number of hydrogen-bond donors (Lipinski definition) is 1. The van der Waals surface area contributed by atoms with Gasteiger partial charge in [0.25, 0.3) is 11.7 Å². The fraction of sp³-hybridized carbons (Fsp3) is 0.130. The van der Waals surface area contributed by atoms with E-state index >= 15 is 0 Å². The Bertz CT molecular complexity index is 1170. The lowest BCUT2D eigenvalue weighted by Crippen LogP contribution is -2.29. The average Bonchev–Trinajstić information content (AvgIpc) is 3.05. The normalized spacial score (nSPS) is 17.7. The Labute approximate surface area is 183 Å². The quantitative estimate of drug-likeness (QED) is 0.372. The highest BCUT2D eigenvalue weighted by molar-refractivity contribution is 6.47. The zero-order valence-corrected chi connectivity index (χ0v) is 17.3. The van der Waals surface area contributed by atoms with Crippen molar-refractivity contribution in [1.82, 2.24) is 14.9 Å². The van der Waals surface area contributed by atoms with E-state index in [2.05, 4.69) is 9.97 Å². The Balaban J connectivity index is 1.89. The first kappa shape index (κ1) is 20.6. The maximum atomic E-state index is 13.1. The van der Waals surface area contributed by atoms with Crippen LogP contribution < -0.4 is 4.74 Å². The van der Waals surface area contributed by atoms with Gasteiger partial charge in [0.15, 0.2) is 0 Å². The number of ether oxygens (including phenoxy) is 1. The summed E-state index contributed by atoms with van der Waals surface area (Å²) in [6, 6.07) is 10.9. The van der Waals surface area contributed by atoms with E-state index < -0.39 is 17.7 Å². The molecular weight excluding hydrogens is 418 g/mol. The lowest BCUT2D eigenvalue weighted by atomic mass is 9.96. The molecule has 1 saturated heterocycles. The smallest absolute Gasteiger partial charge is 0.295 e. The fourth-order valence-corrected chi connectivity index (χ4v) is 3.78. The number of rotatable bonds is 5. The Morgan fingerprint density at radius 1 is 1.13 bits per heavy atom. The van der Waals surface area contributed by atoms with E-state index in [1.54, 1.807) is 61.2 Å². The zero-order chi connectivity index (χ0) is 22.0. The molecule has 1 unspecified atom stereocenters. The number of ketones is 1. The molecule has 1 aromatic carbocycles. The van der Waals surface area contributed by atoms with Gasteiger partial charge in [-0.3, -0.25) is 19.6 Å². The number of aliphatic hydroxyl groups is 1. The van der Waals surface area contributed by atoms with Crippen molar-refractivity contribution < 1.29 is 19.4 Å². The summed E-state index contributed by atoms with van der Waals surface area (Å²) < 4.78 is 5.21. The number of carbonyl (C=O) groups excluding carboxylic acids is 2. The van der Waals surface area contributed by atoms with Crippen LogP contribution in [0.5, 0.6) is 5.75 Å². The number of amides is 1. The van der Waals surface area contributed by atoms with Gasteiger partial charge in [-0.05, 0) is 47.5 Å². The van der Waals surface area contributed by atoms with Crippen molar-refractivity contribution in [1.29, 1.82) is 0 Å². The standard InChI is InChI=1S/C23H18ClN3O4/c1-31-16-4-5-18(24)17(11-16)21(28)19-20(15-3-2-8-26-12-15)27(23(30)22(19)29)13-14-6-9-25-10-7-14/h2-12,20,28H,13H2,1H3/b21-19+. The van der Waals surface area contributed by atoms with Crippen LogP contribution in [0.3, 0.4) is 0 Å². The van der Waals surface area contributed by atoms with E-state index in [0.29, 0.717) is 11.3 Å². The summed E-state index contributed by atoms with van der Waals surface area (Å²) in [5.74, 6) is -1.42. The second kappa shape index (κ2) is 8.57. The molecule has 1 aliphatic heterocycles. The molecule has 0 spiro atoms. The number of halogens is 1. The van der Waals surface area contributed by atoms with E-state index in [1.807, 2.05) is 0 Å². The molecule has 31 heavy (non-hydrogen) atoms. The molecule has 1 N–H and O–H groups in total. The number of pyridine rings is 2. The van der Waals surface area contributed by atoms with Crippen LogP contribution in [0, 0.1) is 0 Å². The predicted octanol–water partition coefficient (Wildman–Crippen LogP) is 3.76. The van der Waals surface area contributed by atoms with Crippen LogP contribution >= 0.6 is 11.6 Å². The van der Waals surface area contributed by atoms with Gasteiger partial charge < -0.3 is 14.7 Å². The topological polar surface area (TPSA) is 92.6 Å². The second-order valence-electron chi connectivity index (χ2n) is 6.91. The van der Waals surface area contributed by atoms with Gasteiger partial charge in [-0.25, -0.2) is 0 Å². The third-order valence-electron chi connectivity index (χ3n) is 5.07. The number of aliphatic hydroxyl groups excluding tert-OH is 1. The number of benzene rings is 1. The van der Waals surface area contributed by atoms with Crippen LogP contribution in [0.25, 0.3) is 5.76 Å². The van der Waals surface area contributed by atoms with E-state index in [1.165, 1.54) is 18.1 Å². The lowest BCUT2D eigenvalue weighted by molar-refractivity contribution is -0.140. The molecule has 1 amide bonds. The molecule has 3 aromatic rings. The van der Waals surface area contributed by atoms with Gasteiger partial charge in [-0.15, -0.1) is 0 Å². The molecule has 7 nitrogen and oxygen atoms in total. The second-order valence-corrected chi connectivity index (χ2v) is 7.32. The van der Waals surface area contributed by atoms with E-state index in [9.17, 15) is 14.7 Å². The van der Waals surface area contributed by atoms with Gasteiger partial charge >= 0.3 is 0 Å². The molecule has 1 fully saturated rings. The Hall–Kier alpha value is -3.71. The number of hydrogen-bond acceptors (Lipinski definition) is 6. The van der Waals surface area contributed by atoms with Gasteiger partial charge in [0.05, 0.1) is 23.7 Å². The monoisotopic (exact) mass is 435 g/mol. The van der Waals surface area contributed by atoms with Crippen LogP contribution in [0.2, 0.25) is 5.02 Å². The molecule has 8 heteroatoms. The van der Waals surface area contributed by atoms with Gasteiger partial charge in [0.2, 0.25) is 0 Å². The van der Waals surface area contributed by atoms with Crippen molar-refractivity contribution >= 4 is 29.1 Å². The highest BCUT2D eigenvalue weighted by Gasteiger charge is 2.46. The molecule has 1 atom stereocenters. The van der Waals surface area contributed by atoms with Gasteiger partial charge in [-0.1, -0.05) is 17.7 Å². The van der Waals surface area contributed by atoms with Crippen LogP contribution in [-0.4, -0.2) is 38.8 Å². The minimum Gasteiger partial charge on any atom is -0.507 e. The molecule has 4 rings (SSSR count). The van der Waals surface area contributed by atoms with Gasteiger partial charge in [-0.2, -0.15) is 0 Å². The van der Waals surface area contributed by atoms with Crippen molar-refractivity contribution in [3.63, 3.8) is 0 Å². The van der Waals surface area contributed by atoms with Crippen LogP contribution in [0.15, 0.2) is 72.8 Å². The number of Topliss-reactive ketones (excluding diaryl/α,β-unsaturated/α-hetero) is 1. The highest BCUT2D eigenvalue weighted by Crippen LogP contribution is 2.41. The number of nitrogens with zero attached hydrogens (tertiary/aromatic N) is 3. The highest BCUT2D eigenvalue weighted by atomic mass is 35.5. The Morgan fingerprint density at radius 2 is 1.90 bits per heavy atom. The molecule has 0 saturated carbocycles. The maximum absolute atomic E-state index is 13.1. The van der Waals surface area contributed by atoms with Crippen molar-refractivity contribution in [2.75, 3.05) is 7.11 Å². The van der Waals surface area contributed by atoms with E-state index in [-0.39, 0.29) is 28.5 Å². The first-order chi connectivity index (χ1) is 15.0. The zero-order valence-electron chi connectivity index (χ0n) is 16.5. The van der Waals surface area contributed by atoms with Crippen molar-refractivity contribution in [2.45, 2.75) is 12.6 Å². The largest absolute Gasteiger partial charge is 0.507 e. The van der Waals surface area contributed by atoms with E-state index in [4.69, 9.17) is 16.3 Å². The van der Waals surface area contributed by atoms with Crippen LogP contribution in [-0.2, 0) is 16.1 Å². The average molecular weight is 436 g/mol. The number of methoxy groups -OCH3 is 1. The Kier molecular flexibility index (Phi) is 5.68. The molecule has 2 aromatic heterocycles. The first-order valence-electron chi connectivity index (χ1n) is 9.42. The predicted molar refractivity (Wildman–Crippen MR) is 114 cm³/mol. The van der Waals surface area contributed by atoms with Gasteiger partial charge in [0.1, 0.15) is 11.5 Å².